The van der Waals surface area contributed by atoms with Gasteiger partial charge in [-0.1, -0.05) is 35.3 Å². The number of allylic oxidation sites excluding steroid dienone is 3. The Morgan fingerprint density at radius 1 is 1.31 bits per heavy atom. The maximum absolute atomic E-state index is 11.1. The number of carbonyl (C=O) groups is 1. The van der Waals surface area contributed by atoms with E-state index in [1.807, 2.05) is 19.1 Å². The second-order valence-corrected chi connectivity index (χ2v) is 6.93. The Labute approximate surface area is 177 Å². The third kappa shape index (κ3) is 4.82. The molecular formula is C20H17Cl2N5O2. The molecule has 7 nitrogen and oxygen atoms in total. The van der Waals surface area contributed by atoms with Crippen LogP contribution in [0.5, 0.6) is 0 Å². The number of nitrogens with zero attached hydrogens (tertiary/aromatic N) is 4. The highest BCUT2D eigenvalue weighted by atomic mass is 35.5. The molecule has 0 bridgehead atoms. The van der Waals surface area contributed by atoms with Crippen LogP contribution in [0.2, 0.25) is 10.0 Å². The lowest BCUT2D eigenvalue weighted by atomic mass is 10.1. The molecule has 148 valence electrons. The minimum atomic E-state index is -1.15. The van der Waals surface area contributed by atoms with E-state index in [0.717, 1.165) is 11.1 Å². The molecule has 0 aliphatic rings. The molecule has 0 atom stereocenters. The largest absolute Gasteiger partial charge is 0.477 e. The van der Waals surface area contributed by atoms with Crippen molar-refractivity contribution in [3.8, 4) is 0 Å². The number of anilines is 1. The Kier molecular flexibility index (Phi) is 6.31. The molecule has 0 saturated heterocycles. The number of fused-ring (bicyclic) bond motifs is 1. The Balaban J connectivity index is 1.93. The van der Waals surface area contributed by atoms with Crippen LogP contribution in [0.1, 0.15) is 18.2 Å². The minimum absolute atomic E-state index is 0.148. The lowest BCUT2D eigenvalue weighted by molar-refractivity contribution is -0.132. The molecule has 29 heavy (non-hydrogen) atoms. The summed E-state index contributed by atoms with van der Waals surface area (Å²) in [5.41, 5.74) is 2.79. The van der Waals surface area contributed by atoms with Crippen molar-refractivity contribution in [1.29, 1.82) is 0 Å². The van der Waals surface area contributed by atoms with Gasteiger partial charge in [-0.05, 0) is 43.0 Å². The monoisotopic (exact) mass is 429 g/mol. The summed E-state index contributed by atoms with van der Waals surface area (Å²) in [4.78, 5) is 19.1. The molecule has 3 rings (SSSR count). The zero-order chi connectivity index (χ0) is 21.0. The molecule has 3 aromatic rings. The SMILES string of the molecule is C=N/C(=C\C=C(/C)c1cc(NCc2ccc(Cl)cc2Cl)n2nccc2n1)C(=O)O. The van der Waals surface area contributed by atoms with Crippen LogP contribution >= 0.6 is 23.2 Å². The van der Waals surface area contributed by atoms with Gasteiger partial charge in [-0.2, -0.15) is 9.61 Å². The number of hydrogen-bond acceptors (Lipinski definition) is 5. The first kappa shape index (κ1) is 20.6. The molecule has 0 aliphatic carbocycles. The third-order valence-electron chi connectivity index (χ3n) is 4.12. The maximum Gasteiger partial charge on any atom is 0.354 e. The van der Waals surface area contributed by atoms with Crippen molar-refractivity contribution in [1.82, 2.24) is 14.6 Å². The van der Waals surface area contributed by atoms with Crippen molar-refractivity contribution >= 4 is 52.9 Å². The number of rotatable bonds is 7. The van der Waals surface area contributed by atoms with Crippen LogP contribution in [0.15, 0.2) is 59.4 Å². The molecular weight excluding hydrogens is 413 g/mol. The van der Waals surface area contributed by atoms with E-state index in [9.17, 15) is 4.79 Å². The van der Waals surface area contributed by atoms with E-state index >= 15 is 0 Å². The molecule has 2 heterocycles. The third-order valence-corrected chi connectivity index (χ3v) is 4.71. The maximum atomic E-state index is 11.1. The zero-order valence-corrected chi connectivity index (χ0v) is 16.9. The fraction of sp³-hybridized carbons (Fsp3) is 0.100. The van der Waals surface area contributed by atoms with Gasteiger partial charge in [0.15, 0.2) is 5.65 Å². The van der Waals surface area contributed by atoms with Crippen LogP contribution in [-0.4, -0.2) is 32.4 Å². The van der Waals surface area contributed by atoms with E-state index in [2.05, 4.69) is 27.1 Å². The van der Waals surface area contributed by atoms with Gasteiger partial charge in [0.05, 0.1) is 11.9 Å². The van der Waals surface area contributed by atoms with Crippen molar-refractivity contribution in [2.45, 2.75) is 13.5 Å². The Bertz CT molecular complexity index is 1150. The first-order chi connectivity index (χ1) is 13.9. The average Bonchev–Trinajstić information content (AvgIpc) is 3.16. The van der Waals surface area contributed by atoms with Crippen molar-refractivity contribution < 1.29 is 9.90 Å². The predicted molar refractivity (Wildman–Crippen MR) is 116 cm³/mol. The molecule has 0 spiro atoms. The molecule has 0 aliphatic heterocycles. The second kappa shape index (κ2) is 8.89. The molecule has 9 heteroatoms. The average molecular weight is 430 g/mol. The van der Waals surface area contributed by atoms with E-state index < -0.39 is 5.97 Å². The number of benzene rings is 1. The van der Waals surface area contributed by atoms with E-state index in [1.165, 1.54) is 6.08 Å². The van der Waals surface area contributed by atoms with Crippen molar-refractivity contribution in [3.05, 3.63) is 75.7 Å². The highest BCUT2D eigenvalue weighted by molar-refractivity contribution is 6.35. The summed E-state index contributed by atoms with van der Waals surface area (Å²) in [6.07, 6.45) is 4.66. The fourth-order valence-electron chi connectivity index (χ4n) is 2.57. The van der Waals surface area contributed by atoms with Gasteiger partial charge in [0, 0.05) is 28.7 Å². The number of aromatic nitrogens is 3. The summed E-state index contributed by atoms with van der Waals surface area (Å²) in [6, 6.07) is 8.92. The van der Waals surface area contributed by atoms with Crippen LogP contribution in [0, 0.1) is 0 Å². The quantitative estimate of drug-likeness (QED) is 0.322. The predicted octanol–water partition coefficient (Wildman–Crippen LogP) is 4.72. The highest BCUT2D eigenvalue weighted by Crippen LogP contribution is 2.23. The fourth-order valence-corrected chi connectivity index (χ4v) is 3.05. The van der Waals surface area contributed by atoms with Gasteiger partial charge in [0.1, 0.15) is 11.5 Å². The summed E-state index contributed by atoms with van der Waals surface area (Å²) in [7, 11) is 0. The summed E-state index contributed by atoms with van der Waals surface area (Å²) < 4.78 is 1.67. The molecule has 0 radical (unpaired) electrons. The van der Waals surface area contributed by atoms with Crippen molar-refractivity contribution in [2.75, 3.05) is 5.32 Å². The van der Waals surface area contributed by atoms with E-state index in [0.29, 0.717) is 33.7 Å². The summed E-state index contributed by atoms with van der Waals surface area (Å²) >= 11 is 12.2. The standard InChI is InChI=1S/C20H17Cl2N5O2/c1-12(3-6-16(23-2)20(28)29)17-10-19(27-18(26-17)7-8-25-27)24-11-13-4-5-14(21)9-15(13)22/h3-10,24H,2,11H2,1H3,(H,28,29)/b12-3+,16-6-. The number of halogens is 2. The molecule has 0 amide bonds. The molecule has 0 unspecified atom stereocenters. The molecule has 2 aromatic heterocycles. The highest BCUT2D eigenvalue weighted by Gasteiger charge is 2.09. The number of carboxylic acids is 1. The number of hydrogen-bond donors (Lipinski definition) is 2. The molecule has 0 fully saturated rings. The van der Waals surface area contributed by atoms with Gasteiger partial charge >= 0.3 is 5.97 Å². The molecule has 2 N–H and O–H groups in total. The van der Waals surface area contributed by atoms with Crippen LogP contribution < -0.4 is 5.32 Å². The lowest BCUT2D eigenvalue weighted by Crippen LogP contribution is -2.07. The van der Waals surface area contributed by atoms with Gasteiger partial charge in [-0.15, -0.1) is 0 Å². The normalized spacial score (nSPS) is 12.2. The van der Waals surface area contributed by atoms with Crippen LogP contribution in [0.4, 0.5) is 5.82 Å². The molecule has 1 aromatic carbocycles. The Morgan fingerprint density at radius 3 is 2.79 bits per heavy atom. The topological polar surface area (TPSA) is 91.9 Å². The number of nitrogens with one attached hydrogen (secondary N) is 1. The van der Waals surface area contributed by atoms with E-state index in [-0.39, 0.29) is 5.70 Å². The van der Waals surface area contributed by atoms with Gasteiger partial charge in [0.2, 0.25) is 0 Å². The van der Waals surface area contributed by atoms with Crippen LogP contribution in [0.25, 0.3) is 11.2 Å². The van der Waals surface area contributed by atoms with Gasteiger partial charge < -0.3 is 10.4 Å². The van der Waals surface area contributed by atoms with Crippen molar-refractivity contribution in [2.24, 2.45) is 4.99 Å². The van der Waals surface area contributed by atoms with Gasteiger partial charge in [0.25, 0.3) is 0 Å². The first-order valence-electron chi connectivity index (χ1n) is 8.50. The smallest absolute Gasteiger partial charge is 0.354 e. The first-order valence-corrected chi connectivity index (χ1v) is 9.26. The van der Waals surface area contributed by atoms with E-state index in [1.54, 1.807) is 35.0 Å². The second-order valence-electron chi connectivity index (χ2n) is 6.08. The Hall–Kier alpha value is -3.16. The molecule has 0 saturated carbocycles. The summed E-state index contributed by atoms with van der Waals surface area (Å²) in [5.74, 6) is -0.441. The summed E-state index contributed by atoms with van der Waals surface area (Å²) in [6.45, 7) is 5.55. The number of aliphatic carboxylic acids is 1. The Morgan fingerprint density at radius 2 is 2.10 bits per heavy atom. The van der Waals surface area contributed by atoms with Crippen LogP contribution in [-0.2, 0) is 11.3 Å². The van der Waals surface area contributed by atoms with Gasteiger partial charge in [-0.25, -0.2) is 9.78 Å². The van der Waals surface area contributed by atoms with Crippen molar-refractivity contribution in [3.63, 3.8) is 0 Å². The van der Waals surface area contributed by atoms with E-state index in [4.69, 9.17) is 28.3 Å². The lowest BCUT2D eigenvalue weighted by Gasteiger charge is -2.12. The zero-order valence-electron chi connectivity index (χ0n) is 15.4. The van der Waals surface area contributed by atoms with Crippen LogP contribution in [0.3, 0.4) is 0 Å². The number of carboxylic acid groups (broad SMARTS) is 1. The number of aliphatic imine (C=N–C) groups is 1. The van der Waals surface area contributed by atoms with Gasteiger partial charge in [-0.3, -0.25) is 4.99 Å². The minimum Gasteiger partial charge on any atom is -0.477 e. The summed E-state index contributed by atoms with van der Waals surface area (Å²) in [5, 5.41) is 17.8.